The first kappa shape index (κ1) is 19.2. The van der Waals surface area contributed by atoms with E-state index in [1.54, 1.807) is 24.6 Å². The largest absolute Gasteiger partial charge is 0.493 e. The van der Waals surface area contributed by atoms with Crippen LogP contribution in [0.5, 0.6) is 11.5 Å². The van der Waals surface area contributed by atoms with E-state index >= 15 is 0 Å². The van der Waals surface area contributed by atoms with Gasteiger partial charge >= 0.3 is 5.97 Å². The second-order valence-corrected chi connectivity index (χ2v) is 6.67. The van der Waals surface area contributed by atoms with Crippen LogP contribution in [-0.2, 0) is 27.4 Å². The van der Waals surface area contributed by atoms with Crippen LogP contribution < -0.4 is 14.8 Å². The van der Waals surface area contributed by atoms with Crippen molar-refractivity contribution < 1.29 is 23.8 Å². The van der Waals surface area contributed by atoms with Gasteiger partial charge in [-0.2, -0.15) is 0 Å². The van der Waals surface area contributed by atoms with E-state index in [1.807, 2.05) is 0 Å². The molecule has 9 heteroatoms. The standard InChI is InChI=1S/C16H17BrN2O5S/c1-9(20)18-16-19-11(8-25-16)7-24-15(21)5-10-4-13(22-2)14(23-3)6-12(10)17/h4,6,8H,5,7H2,1-3H3,(H,18,19,20). The summed E-state index contributed by atoms with van der Waals surface area (Å²) in [6, 6.07) is 3.46. The molecule has 0 aliphatic heterocycles. The van der Waals surface area contributed by atoms with E-state index in [1.165, 1.54) is 25.4 Å². The van der Waals surface area contributed by atoms with Gasteiger partial charge in [0.2, 0.25) is 5.91 Å². The van der Waals surface area contributed by atoms with Crippen molar-refractivity contribution in [2.75, 3.05) is 19.5 Å². The maximum Gasteiger partial charge on any atom is 0.310 e. The van der Waals surface area contributed by atoms with E-state index in [4.69, 9.17) is 14.2 Å². The number of esters is 1. The molecule has 7 nitrogen and oxygen atoms in total. The third-order valence-corrected chi connectivity index (χ3v) is 4.65. The van der Waals surface area contributed by atoms with Crippen LogP contribution in [-0.4, -0.2) is 31.1 Å². The lowest BCUT2D eigenvalue weighted by atomic mass is 10.1. The molecule has 25 heavy (non-hydrogen) atoms. The van der Waals surface area contributed by atoms with Crippen molar-refractivity contribution in [3.05, 3.63) is 33.2 Å². The van der Waals surface area contributed by atoms with Crippen LogP contribution in [0.2, 0.25) is 0 Å². The Bertz CT molecular complexity index is 778. The molecular weight excluding hydrogens is 412 g/mol. The second-order valence-electron chi connectivity index (χ2n) is 4.96. The zero-order valence-corrected chi connectivity index (χ0v) is 16.3. The molecule has 0 fully saturated rings. The number of benzene rings is 1. The van der Waals surface area contributed by atoms with Crippen LogP contribution in [0.15, 0.2) is 22.0 Å². The van der Waals surface area contributed by atoms with Crippen LogP contribution in [0.4, 0.5) is 5.13 Å². The van der Waals surface area contributed by atoms with Crippen molar-refractivity contribution in [3.8, 4) is 11.5 Å². The Morgan fingerprint density at radius 2 is 1.92 bits per heavy atom. The van der Waals surface area contributed by atoms with Crippen molar-refractivity contribution in [2.45, 2.75) is 20.0 Å². The highest BCUT2D eigenvalue weighted by atomic mass is 79.9. The van der Waals surface area contributed by atoms with Gasteiger partial charge < -0.3 is 19.5 Å². The fraction of sp³-hybridized carbons (Fsp3) is 0.312. The Labute approximate surface area is 157 Å². The van der Waals surface area contributed by atoms with E-state index in [2.05, 4.69) is 26.2 Å². The topological polar surface area (TPSA) is 86.8 Å². The SMILES string of the molecule is COc1cc(Br)c(CC(=O)OCc2csc(NC(C)=O)n2)cc1OC. The highest BCUT2D eigenvalue weighted by Gasteiger charge is 2.14. The third-order valence-electron chi connectivity index (χ3n) is 3.10. The Balaban J connectivity index is 1.96. The minimum atomic E-state index is -0.401. The van der Waals surface area contributed by atoms with E-state index in [9.17, 15) is 9.59 Å². The summed E-state index contributed by atoms with van der Waals surface area (Å²) >= 11 is 4.68. The number of carbonyl (C=O) groups is 2. The molecule has 2 rings (SSSR count). The molecule has 0 aliphatic rings. The van der Waals surface area contributed by atoms with Gasteiger partial charge in [-0.05, 0) is 17.7 Å². The van der Waals surface area contributed by atoms with E-state index < -0.39 is 5.97 Å². The number of thiazole rings is 1. The Morgan fingerprint density at radius 3 is 2.56 bits per heavy atom. The molecule has 0 radical (unpaired) electrons. The summed E-state index contributed by atoms with van der Waals surface area (Å²) in [6.07, 6.45) is 0.0730. The van der Waals surface area contributed by atoms with Crippen molar-refractivity contribution in [3.63, 3.8) is 0 Å². The van der Waals surface area contributed by atoms with Gasteiger partial charge in [-0.25, -0.2) is 4.98 Å². The van der Waals surface area contributed by atoms with Crippen molar-refractivity contribution in [1.29, 1.82) is 0 Å². The number of nitrogens with one attached hydrogen (secondary N) is 1. The quantitative estimate of drug-likeness (QED) is 0.681. The lowest BCUT2D eigenvalue weighted by Gasteiger charge is -2.11. The average Bonchev–Trinajstić information content (AvgIpc) is 3.01. The smallest absolute Gasteiger partial charge is 0.310 e. The number of amides is 1. The summed E-state index contributed by atoms with van der Waals surface area (Å²) in [7, 11) is 3.07. The van der Waals surface area contributed by atoms with Crippen LogP contribution in [0, 0.1) is 0 Å². The highest BCUT2D eigenvalue weighted by molar-refractivity contribution is 9.10. The predicted octanol–water partition coefficient (Wildman–Crippen LogP) is 3.17. The van der Waals surface area contributed by atoms with Gasteiger partial charge in [-0.1, -0.05) is 15.9 Å². The summed E-state index contributed by atoms with van der Waals surface area (Å²) in [5.41, 5.74) is 1.30. The summed E-state index contributed by atoms with van der Waals surface area (Å²) in [5.74, 6) is 0.505. The lowest BCUT2D eigenvalue weighted by molar-refractivity contribution is -0.144. The van der Waals surface area contributed by atoms with Crippen molar-refractivity contribution in [2.24, 2.45) is 0 Å². The van der Waals surface area contributed by atoms with Gasteiger partial charge in [-0.3, -0.25) is 9.59 Å². The Kier molecular flexibility index (Phi) is 6.77. The van der Waals surface area contributed by atoms with Gasteiger partial charge in [0.15, 0.2) is 16.6 Å². The number of aromatic nitrogens is 1. The number of rotatable bonds is 7. The molecule has 0 bridgehead atoms. The monoisotopic (exact) mass is 428 g/mol. The molecule has 0 unspecified atom stereocenters. The number of hydrogen-bond acceptors (Lipinski definition) is 7. The molecule has 0 aliphatic carbocycles. The fourth-order valence-corrected chi connectivity index (χ4v) is 3.18. The zero-order valence-electron chi connectivity index (χ0n) is 13.9. The molecule has 0 saturated carbocycles. The molecule has 0 spiro atoms. The second kappa shape index (κ2) is 8.82. The normalized spacial score (nSPS) is 10.2. The molecule has 0 saturated heterocycles. The average molecular weight is 429 g/mol. The molecule has 2 aromatic rings. The maximum atomic E-state index is 12.1. The van der Waals surface area contributed by atoms with Crippen LogP contribution in [0.1, 0.15) is 18.2 Å². The van der Waals surface area contributed by atoms with Gasteiger partial charge in [-0.15, -0.1) is 11.3 Å². The Hall–Kier alpha value is -2.13. The van der Waals surface area contributed by atoms with Gasteiger partial charge in [0.25, 0.3) is 0 Å². The van der Waals surface area contributed by atoms with Crippen LogP contribution in [0.3, 0.4) is 0 Å². The first-order valence-corrected chi connectivity index (χ1v) is 8.88. The predicted molar refractivity (Wildman–Crippen MR) is 97.2 cm³/mol. The molecule has 0 atom stereocenters. The zero-order chi connectivity index (χ0) is 18.4. The van der Waals surface area contributed by atoms with Crippen LogP contribution in [0.25, 0.3) is 0 Å². The molecule has 134 valence electrons. The molecule has 1 aromatic heterocycles. The lowest BCUT2D eigenvalue weighted by Crippen LogP contribution is -2.09. The van der Waals surface area contributed by atoms with Gasteiger partial charge in [0.05, 0.1) is 26.3 Å². The number of nitrogens with zero attached hydrogens (tertiary/aromatic N) is 1. The molecular formula is C16H17BrN2O5S. The maximum absolute atomic E-state index is 12.1. The molecule has 1 N–H and O–H groups in total. The van der Waals surface area contributed by atoms with Crippen LogP contribution >= 0.6 is 27.3 Å². The molecule has 1 aromatic carbocycles. The fourth-order valence-electron chi connectivity index (χ4n) is 1.97. The van der Waals surface area contributed by atoms with Crippen molar-refractivity contribution >= 4 is 44.3 Å². The highest BCUT2D eigenvalue weighted by Crippen LogP contribution is 2.33. The summed E-state index contributed by atoms with van der Waals surface area (Å²) in [5, 5.41) is 4.78. The third kappa shape index (κ3) is 5.43. The van der Waals surface area contributed by atoms with E-state index in [0.717, 1.165) is 10.0 Å². The number of ether oxygens (including phenoxy) is 3. The number of halogens is 1. The minimum Gasteiger partial charge on any atom is -0.493 e. The van der Waals surface area contributed by atoms with Gasteiger partial charge in [0, 0.05) is 16.8 Å². The first-order valence-electron chi connectivity index (χ1n) is 7.21. The van der Waals surface area contributed by atoms with E-state index in [0.29, 0.717) is 22.3 Å². The number of methoxy groups -OCH3 is 2. The molecule has 1 amide bonds. The van der Waals surface area contributed by atoms with Gasteiger partial charge in [0.1, 0.15) is 6.61 Å². The van der Waals surface area contributed by atoms with E-state index in [-0.39, 0.29) is 18.9 Å². The molecule has 1 heterocycles. The first-order chi connectivity index (χ1) is 11.9. The van der Waals surface area contributed by atoms with Crippen molar-refractivity contribution in [1.82, 2.24) is 4.98 Å². The Morgan fingerprint density at radius 1 is 1.24 bits per heavy atom. The summed E-state index contributed by atoms with van der Waals surface area (Å²) in [4.78, 5) is 27.2. The number of hydrogen-bond donors (Lipinski definition) is 1. The number of carbonyl (C=O) groups excluding carboxylic acids is 2. The summed E-state index contributed by atoms with van der Waals surface area (Å²) < 4.78 is 16.4. The number of anilines is 1. The minimum absolute atomic E-state index is 0.0415. The summed E-state index contributed by atoms with van der Waals surface area (Å²) in [6.45, 7) is 1.45.